The Morgan fingerprint density at radius 3 is 1.29 bits per heavy atom. The van der Waals surface area contributed by atoms with Crippen molar-refractivity contribution in [2.45, 2.75) is 95.7 Å². The Kier molecular flexibility index (Phi) is 10.4. The van der Waals surface area contributed by atoms with Crippen molar-refractivity contribution in [3.63, 3.8) is 0 Å². The summed E-state index contributed by atoms with van der Waals surface area (Å²) >= 11 is -0.841. The van der Waals surface area contributed by atoms with Gasteiger partial charge >= 0.3 is 336 Å². The molecule has 302 valence electrons. The molecule has 58 heavy (non-hydrogen) atoms. The Hall–Kier alpha value is -3.79. The number of fused-ring (bicyclic) bond motifs is 1. The number of hydrogen-bond donors (Lipinski definition) is 0. The normalized spacial score (nSPS) is 32.7. The zero-order valence-electron chi connectivity index (χ0n) is 33.9. The SMILES string of the molecule is CC1(OC(=O)COc2ccc([Te]c3ccc(OCC(=O)OC4(C)C5CC6CC(C5)CC4C6)c(-c4ccccc4)c3)cc2-c2ccccc2)C2CC3CCC(C2)CC1C3. The molecule has 0 unspecified atom stereocenters. The molecule has 0 aromatic heterocycles. The fraction of sp³-hybridized carbons (Fsp3) is 0.490. The number of rotatable bonds is 12. The van der Waals surface area contributed by atoms with Gasteiger partial charge < -0.3 is 0 Å². The topological polar surface area (TPSA) is 71.1 Å². The first-order valence-electron chi connectivity index (χ1n) is 21.9. The number of hydrogen-bond acceptors (Lipinski definition) is 6. The number of esters is 2. The van der Waals surface area contributed by atoms with E-state index in [-0.39, 0.29) is 36.4 Å². The van der Waals surface area contributed by atoms with Crippen LogP contribution in [0.25, 0.3) is 22.3 Å². The van der Waals surface area contributed by atoms with Crippen LogP contribution < -0.4 is 16.7 Å². The van der Waals surface area contributed by atoms with E-state index in [1.807, 2.05) is 48.5 Å². The number of ether oxygens (including phenoxy) is 4. The summed E-state index contributed by atoms with van der Waals surface area (Å²) < 4.78 is 27.9. The standard InChI is InChI=1S/C51H56O6Te/c1-50(38-20-32-13-14-33(22-38)23-39(50)21-32)56-48(52)30-54-46-17-15-42(28-44(46)36-9-5-3-6-10-36)58-43-16-18-47(45(29-43)37-11-7-4-8-12-37)55-31-49(53)57-51(2)40-24-34-19-35(26-40)27-41(51)25-34/h3-12,15-18,28-29,32-35,38-41H,13-14,19-27,30-31H2,1-2H3. The summed E-state index contributed by atoms with van der Waals surface area (Å²) in [7, 11) is 0. The molecule has 0 N–H and O–H groups in total. The maximum atomic E-state index is 13.5. The molecule has 12 rings (SSSR count). The first-order chi connectivity index (χ1) is 28.2. The van der Waals surface area contributed by atoms with Crippen molar-refractivity contribution in [2.24, 2.45) is 47.3 Å². The van der Waals surface area contributed by atoms with E-state index in [0.29, 0.717) is 35.2 Å². The van der Waals surface area contributed by atoms with Gasteiger partial charge in [0.15, 0.2) is 0 Å². The second kappa shape index (κ2) is 15.7. The van der Waals surface area contributed by atoms with Crippen LogP contribution in [0.2, 0.25) is 0 Å². The van der Waals surface area contributed by atoms with Crippen molar-refractivity contribution in [3.8, 4) is 33.8 Å². The number of carbonyl (C=O) groups excluding carboxylic acids is 2. The first-order valence-corrected chi connectivity index (χ1v) is 24.3. The molecule has 4 aromatic carbocycles. The Bertz CT molecular complexity index is 2090. The molecule has 0 amide bonds. The van der Waals surface area contributed by atoms with Crippen molar-refractivity contribution in [1.29, 1.82) is 0 Å². The van der Waals surface area contributed by atoms with Crippen molar-refractivity contribution in [2.75, 3.05) is 13.2 Å². The van der Waals surface area contributed by atoms with Gasteiger partial charge in [0.1, 0.15) is 0 Å². The third-order valence-corrected chi connectivity index (χ3v) is 18.3. The summed E-state index contributed by atoms with van der Waals surface area (Å²) in [6.45, 7) is 4.18. The van der Waals surface area contributed by atoms with Gasteiger partial charge in [0.2, 0.25) is 0 Å². The van der Waals surface area contributed by atoms with Gasteiger partial charge in [-0.25, -0.2) is 0 Å². The summed E-state index contributed by atoms with van der Waals surface area (Å²) in [4.78, 5) is 26.9. The number of benzene rings is 4. The maximum absolute atomic E-state index is 13.5. The van der Waals surface area contributed by atoms with Crippen molar-refractivity contribution >= 4 is 40.1 Å². The molecular formula is C51H56O6Te. The molecule has 8 aliphatic carbocycles. The predicted octanol–water partition coefficient (Wildman–Crippen LogP) is 9.34. The van der Waals surface area contributed by atoms with Gasteiger partial charge in [0.05, 0.1) is 0 Å². The molecular weight excluding hydrogens is 836 g/mol. The third kappa shape index (κ3) is 7.49. The Balaban J connectivity index is 0.840. The van der Waals surface area contributed by atoms with E-state index in [1.165, 1.54) is 77.9 Å². The van der Waals surface area contributed by atoms with E-state index in [9.17, 15) is 9.59 Å². The summed E-state index contributed by atoms with van der Waals surface area (Å²) in [5.74, 6) is 5.94. The Morgan fingerprint density at radius 1 is 0.517 bits per heavy atom. The molecule has 8 fully saturated rings. The van der Waals surface area contributed by atoms with Gasteiger partial charge in [0.25, 0.3) is 0 Å². The monoisotopic (exact) mass is 894 g/mol. The molecule has 7 heteroatoms. The van der Waals surface area contributed by atoms with E-state index >= 15 is 0 Å². The van der Waals surface area contributed by atoms with Crippen molar-refractivity contribution in [1.82, 2.24) is 0 Å². The van der Waals surface area contributed by atoms with Crippen LogP contribution in [0, 0.1) is 47.3 Å². The summed E-state index contributed by atoms with van der Waals surface area (Å²) in [6.07, 6.45) is 13.6. The second-order valence-electron chi connectivity index (χ2n) is 19.0. The summed E-state index contributed by atoms with van der Waals surface area (Å²) in [5.41, 5.74) is 3.29. The second-order valence-corrected chi connectivity index (χ2v) is 22.3. The summed E-state index contributed by atoms with van der Waals surface area (Å²) in [5, 5.41) is 0. The zero-order valence-corrected chi connectivity index (χ0v) is 36.2. The van der Waals surface area contributed by atoms with Gasteiger partial charge in [-0.05, 0) is 6.42 Å². The van der Waals surface area contributed by atoms with Crippen LogP contribution in [0.1, 0.15) is 84.5 Å². The van der Waals surface area contributed by atoms with Crippen molar-refractivity contribution < 1.29 is 28.5 Å². The van der Waals surface area contributed by atoms with Crippen LogP contribution in [0.3, 0.4) is 0 Å². The Morgan fingerprint density at radius 2 is 0.897 bits per heavy atom. The van der Waals surface area contributed by atoms with E-state index in [1.54, 1.807) is 0 Å². The van der Waals surface area contributed by atoms with Crippen LogP contribution >= 0.6 is 0 Å². The van der Waals surface area contributed by atoms with Gasteiger partial charge in [0, 0.05) is 0 Å². The zero-order chi connectivity index (χ0) is 39.4. The van der Waals surface area contributed by atoms with E-state index in [4.69, 9.17) is 18.9 Å². The average molecular weight is 893 g/mol. The molecule has 0 saturated heterocycles. The fourth-order valence-corrected chi connectivity index (χ4v) is 15.3. The molecule has 0 aliphatic heterocycles. The van der Waals surface area contributed by atoms with Crippen LogP contribution in [0.5, 0.6) is 11.5 Å². The minimum atomic E-state index is -0.841. The molecule has 4 aromatic rings. The molecule has 0 spiro atoms. The quantitative estimate of drug-likeness (QED) is 0.104. The third-order valence-electron chi connectivity index (χ3n) is 15.5. The van der Waals surface area contributed by atoms with Gasteiger partial charge in [-0.3, -0.25) is 0 Å². The van der Waals surface area contributed by atoms with Crippen LogP contribution in [-0.4, -0.2) is 57.3 Å². The van der Waals surface area contributed by atoms with E-state index in [2.05, 4.69) is 62.4 Å². The van der Waals surface area contributed by atoms with Crippen LogP contribution in [-0.2, 0) is 19.1 Å². The molecule has 0 radical (unpaired) electrons. The summed E-state index contributed by atoms with van der Waals surface area (Å²) in [6, 6.07) is 33.4. The van der Waals surface area contributed by atoms with E-state index in [0.717, 1.165) is 45.9 Å². The predicted molar refractivity (Wildman–Crippen MR) is 227 cm³/mol. The first kappa shape index (κ1) is 38.4. The van der Waals surface area contributed by atoms with E-state index < -0.39 is 20.9 Å². The molecule has 8 saturated carbocycles. The average Bonchev–Trinajstić information content (AvgIpc) is 3.53. The van der Waals surface area contributed by atoms with Crippen molar-refractivity contribution in [3.05, 3.63) is 97.1 Å². The van der Waals surface area contributed by atoms with Crippen LogP contribution in [0.4, 0.5) is 0 Å². The molecule has 0 atom stereocenters. The van der Waals surface area contributed by atoms with Crippen LogP contribution in [0.15, 0.2) is 97.1 Å². The number of carbonyl (C=O) groups is 2. The fourth-order valence-electron chi connectivity index (χ4n) is 12.7. The molecule has 6 nitrogen and oxygen atoms in total. The van der Waals surface area contributed by atoms with Gasteiger partial charge in [-0.2, -0.15) is 0 Å². The van der Waals surface area contributed by atoms with Gasteiger partial charge in [-0.15, -0.1) is 0 Å². The molecule has 0 heterocycles. The Labute approximate surface area is 353 Å². The molecule has 8 bridgehead atoms. The van der Waals surface area contributed by atoms with Gasteiger partial charge in [-0.1, -0.05) is 12.8 Å². The minimum absolute atomic E-state index is 0.103. The molecule has 8 aliphatic rings.